The topological polar surface area (TPSA) is 55.1 Å². The van der Waals surface area contributed by atoms with E-state index in [-0.39, 0.29) is 18.1 Å². The smallest absolute Gasteiger partial charge is 0.220 e. The molecule has 0 heterocycles. The molecule has 0 unspecified atom stereocenters. The highest BCUT2D eigenvalue weighted by Gasteiger charge is 2.05. The van der Waals surface area contributed by atoms with E-state index in [9.17, 15) is 9.18 Å². The lowest BCUT2D eigenvalue weighted by molar-refractivity contribution is -0.120. The maximum Gasteiger partial charge on any atom is 0.220 e. The Hall–Kier alpha value is -1.13. The number of halogens is 2. The van der Waals surface area contributed by atoms with Crippen molar-refractivity contribution in [1.82, 2.24) is 5.32 Å². The van der Waals surface area contributed by atoms with Gasteiger partial charge in [0, 0.05) is 24.5 Å². The minimum absolute atomic E-state index is 0.106. The molecule has 0 aliphatic rings. The van der Waals surface area contributed by atoms with Gasteiger partial charge in [0.25, 0.3) is 0 Å². The van der Waals surface area contributed by atoms with E-state index in [1.807, 2.05) is 0 Å². The molecule has 0 bridgehead atoms. The highest BCUT2D eigenvalue weighted by atomic mass is 35.5. The van der Waals surface area contributed by atoms with Crippen molar-refractivity contribution in [2.45, 2.75) is 12.8 Å². The van der Waals surface area contributed by atoms with Crippen LogP contribution in [0.4, 0.5) is 4.39 Å². The second-order valence-electron chi connectivity index (χ2n) is 3.37. The molecule has 1 aromatic rings. The summed E-state index contributed by atoms with van der Waals surface area (Å²) in [5.41, 5.74) is 5.89. The molecule has 0 aliphatic carbocycles. The third-order valence-electron chi connectivity index (χ3n) is 2.10. The standard InChI is InChI=1S/C11H14ClFN2O/c12-10-3-2-9(13)7-8(10)1-4-11(16)15-6-5-14/h2-3,7H,1,4-6,14H2,(H,15,16). The molecule has 1 amide bonds. The van der Waals surface area contributed by atoms with Crippen molar-refractivity contribution in [3.8, 4) is 0 Å². The van der Waals surface area contributed by atoms with Gasteiger partial charge in [0.15, 0.2) is 0 Å². The lowest BCUT2D eigenvalue weighted by Crippen LogP contribution is -2.29. The summed E-state index contributed by atoms with van der Waals surface area (Å²) in [5, 5.41) is 3.12. The maximum atomic E-state index is 12.9. The fraction of sp³-hybridized carbons (Fsp3) is 0.364. The van der Waals surface area contributed by atoms with Gasteiger partial charge in [0.2, 0.25) is 5.91 Å². The Morgan fingerprint density at radius 1 is 1.50 bits per heavy atom. The fourth-order valence-electron chi connectivity index (χ4n) is 1.28. The number of amides is 1. The van der Waals surface area contributed by atoms with Crippen LogP contribution in [0.3, 0.4) is 0 Å². The molecule has 1 rings (SSSR count). The summed E-state index contributed by atoms with van der Waals surface area (Å²) in [5.74, 6) is -0.451. The third-order valence-corrected chi connectivity index (χ3v) is 2.46. The van der Waals surface area contributed by atoms with Gasteiger partial charge in [-0.2, -0.15) is 0 Å². The summed E-state index contributed by atoms with van der Waals surface area (Å²) in [4.78, 5) is 11.3. The van der Waals surface area contributed by atoms with Crippen molar-refractivity contribution in [2.24, 2.45) is 5.73 Å². The Labute approximate surface area is 98.8 Å². The van der Waals surface area contributed by atoms with E-state index in [1.54, 1.807) is 0 Å². The molecule has 0 radical (unpaired) electrons. The van der Waals surface area contributed by atoms with E-state index in [1.165, 1.54) is 18.2 Å². The van der Waals surface area contributed by atoms with E-state index in [2.05, 4.69) is 5.32 Å². The van der Waals surface area contributed by atoms with Gasteiger partial charge in [0.1, 0.15) is 5.82 Å². The molecule has 16 heavy (non-hydrogen) atoms. The number of nitrogens with two attached hydrogens (primary N) is 1. The summed E-state index contributed by atoms with van der Waals surface area (Å²) < 4.78 is 12.9. The average molecular weight is 245 g/mol. The summed E-state index contributed by atoms with van der Waals surface area (Å²) in [6.45, 7) is 0.863. The highest BCUT2D eigenvalue weighted by Crippen LogP contribution is 2.18. The molecule has 0 saturated carbocycles. The Balaban J connectivity index is 2.47. The van der Waals surface area contributed by atoms with Crippen molar-refractivity contribution in [1.29, 1.82) is 0 Å². The SMILES string of the molecule is NCCNC(=O)CCc1cc(F)ccc1Cl. The number of rotatable bonds is 5. The molecule has 88 valence electrons. The Morgan fingerprint density at radius 2 is 2.25 bits per heavy atom. The third kappa shape index (κ3) is 4.16. The molecule has 0 spiro atoms. The monoisotopic (exact) mass is 244 g/mol. The minimum atomic E-state index is -0.346. The van der Waals surface area contributed by atoms with Crippen LogP contribution in [0, 0.1) is 5.82 Å². The summed E-state index contributed by atoms with van der Waals surface area (Å²) >= 11 is 5.87. The van der Waals surface area contributed by atoms with E-state index in [0.717, 1.165) is 0 Å². The van der Waals surface area contributed by atoms with E-state index in [4.69, 9.17) is 17.3 Å². The molecule has 3 nitrogen and oxygen atoms in total. The predicted molar refractivity (Wildman–Crippen MR) is 61.8 cm³/mol. The zero-order valence-corrected chi connectivity index (χ0v) is 9.56. The van der Waals surface area contributed by atoms with Crippen molar-refractivity contribution in [3.63, 3.8) is 0 Å². The number of hydrogen-bond acceptors (Lipinski definition) is 2. The number of nitrogens with one attached hydrogen (secondary N) is 1. The van der Waals surface area contributed by atoms with Gasteiger partial charge in [-0.15, -0.1) is 0 Å². The molecule has 5 heteroatoms. The molecule has 3 N–H and O–H groups in total. The number of benzene rings is 1. The number of carbonyl (C=O) groups is 1. The van der Waals surface area contributed by atoms with Crippen LogP contribution < -0.4 is 11.1 Å². The van der Waals surface area contributed by atoms with Crippen LogP contribution in [0.5, 0.6) is 0 Å². The molecule has 0 atom stereocenters. The van der Waals surface area contributed by atoms with Crippen molar-refractivity contribution in [2.75, 3.05) is 13.1 Å². The van der Waals surface area contributed by atoms with E-state index >= 15 is 0 Å². The second-order valence-corrected chi connectivity index (χ2v) is 3.78. The van der Waals surface area contributed by atoms with Gasteiger partial charge < -0.3 is 11.1 Å². The Kier molecular flexibility index (Phi) is 5.22. The number of aryl methyl sites for hydroxylation is 1. The normalized spacial score (nSPS) is 10.2. The maximum absolute atomic E-state index is 12.9. The largest absolute Gasteiger partial charge is 0.355 e. The first-order valence-electron chi connectivity index (χ1n) is 5.04. The van der Waals surface area contributed by atoms with Crippen LogP contribution in [0.2, 0.25) is 5.02 Å². The summed E-state index contributed by atoms with van der Waals surface area (Å²) in [7, 11) is 0. The van der Waals surface area contributed by atoms with Gasteiger partial charge in [-0.05, 0) is 30.2 Å². The Bertz CT molecular complexity index is 371. The predicted octanol–water partition coefficient (Wildman–Crippen LogP) is 1.49. The Morgan fingerprint density at radius 3 is 2.94 bits per heavy atom. The summed E-state index contributed by atoms with van der Waals surface area (Å²) in [6.07, 6.45) is 0.705. The first-order chi connectivity index (χ1) is 7.63. The minimum Gasteiger partial charge on any atom is -0.355 e. The molecular weight excluding hydrogens is 231 g/mol. The van der Waals surface area contributed by atoms with Crippen LogP contribution in [0.15, 0.2) is 18.2 Å². The number of carbonyl (C=O) groups excluding carboxylic acids is 1. The van der Waals surface area contributed by atoms with Gasteiger partial charge in [0.05, 0.1) is 0 Å². The first-order valence-corrected chi connectivity index (χ1v) is 5.42. The zero-order valence-electron chi connectivity index (χ0n) is 8.80. The molecule has 0 saturated heterocycles. The van der Waals surface area contributed by atoms with Crippen LogP contribution in [-0.2, 0) is 11.2 Å². The quantitative estimate of drug-likeness (QED) is 0.825. The van der Waals surface area contributed by atoms with Gasteiger partial charge in [-0.3, -0.25) is 4.79 Å². The molecular formula is C11H14ClFN2O. The van der Waals surface area contributed by atoms with Crippen molar-refractivity contribution >= 4 is 17.5 Å². The van der Waals surface area contributed by atoms with Gasteiger partial charge in [-0.1, -0.05) is 11.6 Å². The molecule has 0 aromatic heterocycles. The second kappa shape index (κ2) is 6.45. The average Bonchev–Trinajstić information content (AvgIpc) is 2.27. The zero-order chi connectivity index (χ0) is 12.0. The van der Waals surface area contributed by atoms with E-state index < -0.39 is 0 Å². The lowest BCUT2D eigenvalue weighted by atomic mass is 10.1. The fourth-order valence-corrected chi connectivity index (χ4v) is 1.50. The van der Waals surface area contributed by atoms with E-state index in [0.29, 0.717) is 30.1 Å². The van der Waals surface area contributed by atoms with Gasteiger partial charge in [-0.25, -0.2) is 4.39 Å². The lowest BCUT2D eigenvalue weighted by Gasteiger charge is -2.05. The van der Waals surface area contributed by atoms with Crippen LogP contribution >= 0.6 is 11.6 Å². The molecule has 1 aromatic carbocycles. The van der Waals surface area contributed by atoms with Gasteiger partial charge >= 0.3 is 0 Å². The summed E-state index contributed by atoms with van der Waals surface area (Å²) in [6, 6.07) is 4.13. The van der Waals surface area contributed by atoms with Crippen LogP contribution in [0.1, 0.15) is 12.0 Å². The van der Waals surface area contributed by atoms with Crippen LogP contribution in [0.25, 0.3) is 0 Å². The van der Waals surface area contributed by atoms with Crippen molar-refractivity contribution in [3.05, 3.63) is 34.6 Å². The number of hydrogen-bond donors (Lipinski definition) is 2. The van der Waals surface area contributed by atoms with Crippen LogP contribution in [-0.4, -0.2) is 19.0 Å². The van der Waals surface area contributed by atoms with Crippen molar-refractivity contribution < 1.29 is 9.18 Å². The highest BCUT2D eigenvalue weighted by molar-refractivity contribution is 6.31. The molecule has 0 fully saturated rings. The molecule has 0 aliphatic heterocycles. The first kappa shape index (κ1) is 12.9.